The number of carbonyl (C=O) groups excluding carboxylic acids is 1. The van der Waals surface area contributed by atoms with Crippen LogP contribution in [0, 0.1) is 6.92 Å². The van der Waals surface area contributed by atoms with Crippen LogP contribution in [0.5, 0.6) is 0 Å². The van der Waals surface area contributed by atoms with Gasteiger partial charge in [0, 0.05) is 5.56 Å². The number of hydrogen-bond acceptors (Lipinski definition) is 6. The van der Waals surface area contributed by atoms with Crippen LogP contribution in [0.25, 0.3) is 0 Å². The maximum absolute atomic E-state index is 13.2. The van der Waals surface area contributed by atoms with Gasteiger partial charge in [0.25, 0.3) is 0 Å². The lowest BCUT2D eigenvalue weighted by atomic mass is 10.1. The SMILES string of the molecule is Cc1ccc(S(=O)(=O)O[N+](C)(Cc2cccc(COCc3ccccc3)c2)C(=O)OC(C)(C)C)cc1. The first kappa shape index (κ1) is 27.5. The number of quaternary nitrogens is 1. The van der Waals surface area contributed by atoms with E-state index >= 15 is 0 Å². The number of nitrogens with zero attached hydrogens (tertiary/aromatic N) is 1. The zero-order chi connectivity index (χ0) is 26.4. The van der Waals surface area contributed by atoms with Crippen LogP contribution in [0.1, 0.15) is 43.0 Å². The van der Waals surface area contributed by atoms with Crippen LogP contribution in [0.4, 0.5) is 4.79 Å². The Morgan fingerprint density at radius 1 is 0.833 bits per heavy atom. The Morgan fingerprint density at radius 2 is 1.42 bits per heavy atom. The molecule has 0 heterocycles. The average molecular weight is 513 g/mol. The number of hydroxylamine groups is 3. The summed E-state index contributed by atoms with van der Waals surface area (Å²) in [5, 5.41) is 0. The van der Waals surface area contributed by atoms with Crippen LogP contribution in [-0.4, -0.2) is 31.8 Å². The van der Waals surface area contributed by atoms with Crippen LogP contribution in [0.15, 0.2) is 83.8 Å². The fourth-order valence-electron chi connectivity index (χ4n) is 3.47. The molecule has 8 heteroatoms. The molecule has 36 heavy (non-hydrogen) atoms. The lowest BCUT2D eigenvalue weighted by Crippen LogP contribution is -2.52. The number of amides is 1. The van der Waals surface area contributed by atoms with Crippen molar-refractivity contribution in [2.75, 3.05) is 7.05 Å². The Bertz CT molecular complexity index is 1270. The molecular formula is C28H34NO6S+. The summed E-state index contributed by atoms with van der Waals surface area (Å²) >= 11 is 0. The van der Waals surface area contributed by atoms with Crippen molar-refractivity contribution >= 4 is 16.2 Å². The van der Waals surface area contributed by atoms with E-state index in [0.29, 0.717) is 18.8 Å². The van der Waals surface area contributed by atoms with Gasteiger partial charge in [0.1, 0.15) is 19.2 Å². The lowest BCUT2D eigenvalue weighted by molar-refractivity contribution is -1.01. The third-order valence-electron chi connectivity index (χ3n) is 5.21. The van der Waals surface area contributed by atoms with Gasteiger partial charge in [0.15, 0.2) is 0 Å². The standard InChI is InChI=1S/C28H34NO6S/c1-22-14-16-26(17-15-22)36(31,32)35-29(5,27(30)34-28(2,3)4)19-24-12-9-13-25(18-24)21-33-20-23-10-7-6-8-11-23/h6-18H,19-21H2,1-5H3/q+1. The smallest absolute Gasteiger partial charge is 0.412 e. The number of carbonyl (C=O) groups is 1. The van der Waals surface area contributed by atoms with E-state index in [-0.39, 0.29) is 11.4 Å². The van der Waals surface area contributed by atoms with Crippen molar-refractivity contribution < 1.29 is 31.6 Å². The summed E-state index contributed by atoms with van der Waals surface area (Å²) in [6.45, 7) is 7.77. The van der Waals surface area contributed by atoms with E-state index in [9.17, 15) is 13.2 Å². The number of ether oxygens (including phenoxy) is 2. The first-order chi connectivity index (χ1) is 16.9. The summed E-state index contributed by atoms with van der Waals surface area (Å²) in [5.41, 5.74) is 2.73. The Labute approximate surface area is 213 Å². The van der Waals surface area contributed by atoms with E-state index in [1.807, 2.05) is 61.5 Å². The molecule has 1 unspecified atom stereocenters. The van der Waals surface area contributed by atoms with Gasteiger partial charge in [0.2, 0.25) is 0 Å². The lowest BCUT2D eigenvalue weighted by Gasteiger charge is -2.29. The van der Waals surface area contributed by atoms with Crippen molar-refractivity contribution in [2.45, 2.75) is 58.0 Å². The van der Waals surface area contributed by atoms with Crippen molar-refractivity contribution in [1.82, 2.24) is 0 Å². The van der Waals surface area contributed by atoms with Gasteiger partial charge in [-0.3, -0.25) is 0 Å². The third kappa shape index (κ3) is 7.99. The van der Waals surface area contributed by atoms with Gasteiger partial charge in [-0.25, -0.2) is 0 Å². The maximum Gasteiger partial charge on any atom is 0.551 e. The molecule has 0 N–H and O–H groups in total. The van der Waals surface area contributed by atoms with Crippen LogP contribution in [-0.2, 0) is 43.6 Å². The van der Waals surface area contributed by atoms with Gasteiger partial charge in [-0.1, -0.05) is 75.2 Å². The predicted molar refractivity (Wildman–Crippen MR) is 137 cm³/mol. The molecule has 0 saturated heterocycles. The summed E-state index contributed by atoms with van der Waals surface area (Å²) in [7, 11) is -2.88. The molecule has 192 valence electrons. The van der Waals surface area contributed by atoms with E-state index in [2.05, 4.69) is 0 Å². The maximum atomic E-state index is 13.2. The van der Waals surface area contributed by atoms with Crippen LogP contribution in [0.2, 0.25) is 0 Å². The minimum absolute atomic E-state index is 0.0379. The van der Waals surface area contributed by atoms with E-state index in [0.717, 1.165) is 16.7 Å². The first-order valence-electron chi connectivity index (χ1n) is 11.7. The van der Waals surface area contributed by atoms with Gasteiger partial charge < -0.3 is 9.47 Å². The second-order valence-corrected chi connectivity index (χ2v) is 11.4. The number of benzene rings is 3. The molecule has 0 aromatic heterocycles. The topological polar surface area (TPSA) is 78.9 Å². The molecule has 3 rings (SSSR count). The van der Waals surface area contributed by atoms with Crippen molar-refractivity contribution in [3.8, 4) is 0 Å². The third-order valence-corrected chi connectivity index (χ3v) is 6.58. The normalized spacial score (nSPS) is 13.7. The zero-order valence-corrected chi connectivity index (χ0v) is 22.2. The highest BCUT2D eigenvalue weighted by atomic mass is 32.2. The highest BCUT2D eigenvalue weighted by molar-refractivity contribution is 7.86. The average Bonchev–Trinajstić information content (AvgIpc) is 2.79. The summed E-state index contributed by atoms with van der Waals surface area (Å²) in [5.74, 6) is 0. The Morgan fingerprint density at radius 3 is 2.06 bits per heavy atom. The van der Waals surface area contributed by atoms with Crippen LogP contribution >= 0.6 is 0 Å². The van der Waals surface area contributed by atoms with Gasteiger partial charge in [-0.2, -0.15) is 13.2 Å². The molecule has 1 amide bonds. The number of hydrogen-bond donors (Lipinski definition) is 0. The zero-order valence-electron chi connectivity index (χ0n) is 21.4. The molecule has 0 aliphatic carbocycles. The Balaban J connectivity index is 1.81. The van der Waals surface area contributed by atoms with Crippen molar-refractivity contribution in [2.24, 2.45) is 0 Å². The monoisotopic (exact) mass is 512 g/mol. The molecule has 0 fully saturated rings. The predicted octanol–water partition coefficient (Wildman–Crippen LogP) is 5.91. The largest absolute Gasteiger partial charge is 0.551 e. The highest BCUT2D eigenvalue weighted by Crippen LogP contribution is 2.25. The van der Waals surface area contributed by atoms with Gasteiger partial charge in [0.05, 0.1) is 18.1 Å². The minimum Gasteiger partial charge on any atom is -0.412 e. The van der Waals surface area contributed by atoms with Crippen molar-refractivity contribution in [1.29, 1.82) is 0 Å². The van der Waals surface area contributed by atoms with Gasteiger partial charge >= 0.3 is 16.2 Å². The quantitative estimate of drug-likeness (QED) is 0.262. The molecule has 3 aromatic rings. The molecule has 0 spiro atoms. The second kappa shape index (κ2) is 11.3. The fraction of sp³-hybridized carbons (Fsp3) is 0.321. The molecule has 0 saturated carbocycles. The fourth-order valence-corrected chi connectivity index (χ4v) is 4.57. The number of rotatable bonds is 9. The summed E-state index contributed by atoms with van der Waals surface area (Å²) in [6.07, 6.45) is -0.816. The summed E-state index contributed by atoms with van der Waals surface area (Å²) < 4.78 is 42.2. The highest BCUT2D eigenvalue weighted by Gasteiger charge is 2.44. The van der Waals surface area contributed by atoms with Crippen molar-refractivity contribution in [3.63, 3.8) is 0 Å². The van der Waals surface area contributed by atoms with Crippen LogP contribution < -0.4 is 0 Å². The first-order valence-corrected chi connectivity index (χ1v) is 13.1. The Kier molecular flexibility index (Phi) is 8.68. The van der Waals surface area contributed by atoms with E-state index in [4.69, 9.17) is 13.8 Å². The van der Waals surface area contributed by atoms with E-state index < -0.39 is 26.5 Å². The number of aryl methyl sites for hydroxylation is 1. The molecule has 0 aliphatic heterocycles. The molecule has 0 aliphatic rings. The van der Waals surface area contributed by atoms with Gasteiger partial charge in [-0.15, -0.1) is 0 Å². The van der Waals surface area contributed by atoms with Crippen LogP contribution in [0.3, 0.4) is 0 Å². The summed E-state index contributed by atoms with van der Waals surface area (Å²) in [6, 6.07) is 23.5. The molecule has 3 aromatic carbocycles. The van der Waals surface area contributed by atoms with E-state index in [1.165, 1.54) is 19.2 Å². The molecule has 1 atom stereocenters. The van der Waals surface area contributed by atoms with E-state index in [1.54, 1.807) is 32.9 Å². The molecule has 7 nitrogen and oxygen atoms in total. The molecule has 0 bridgehead atoms. The summed E-state index contributed by atoms with van der Waals surface area (Å²) in [4.78, 5) is 13.2. The Hall–Kier alpha value is -3.04. The minimum atomic E-state index is -4.26. The van der Waals surface area contributed by atoms with Gasteiger partial charge in [-0.05, 0) is 57.0 Å². The molecular weight excluding hydrogens is 478 g/mol. The second-order valence-electron chi connectivity index (χ2n) is 9.88. The van der Waals surface area contributed by atoms with Crippen molar-refractivity contribution in [3.05, 3.63) is 101 Å². The molecule has 0 radical (unpaired) electrons.